The van der Waals surface area contributed by atoms with Crippen molar-refractivity contribution in [2.75, 3.05) is 7.11 Å². The fourth-order valence-electron chi connectivity index (χ4n) is 1.25. The molecule has 2 N–H and O–H groups in total. The molecule has 74 valence electrons. The fraction of sp³-hybridized carbons (Fsp3) is 0.286. The van der Waals surface area contributed by atoms with E-state index in [1.54, 1.807) is 0 Å². The van der Waals surface area contributed by atoms with Crippen LogP contribution in [-0.4, -0.2) is 26.6 Å². The van der Waals surface area contributed by atoms with Crippen LogP contribution in [0.25, 0.3) is 11.2 Å². The Hall–Kier alpha value is -1.89. The Morgan fingerprint density at radius 2 is 2.29 bits per heavy atom. The smallest absolute Gasteiger partial charge is 0.327 e. The average molecular weight is 196 g/mol. The molecule has 0 saturated heterocycles. The number of methoxy groups -OCH3 is 1. The number of nitrogens with zero attached hydrogens (tertiary/aromatic N) is 2. The molecule has 0 fully saturated rings. The summed E-state index contributed by atoms with van der Waals surface area (Å²) in [7, 11) is 1.51. The van der Waals surface area contributed by atoms with Gasteiger partial charge in [-0.05, 0) is 0 Å². The van der Waals surface area contributed by atoms with Crippen molar-refractivity contribution in [3.8, 4) is 0 Å². The van der Waals surface area contributed by atoms with E-state index < -0.39 is 11.2 Å². The van der Waals surface area contributed by atoms with Gasteiger partial charge in [0, 0.05) is 7.11 Å². The van der Waals surface area contributed by atoms with Crippen molar-refractivity contribution in [1.29, 1.82) is 0 Å². The first-order valence-corrected chi connectivity index (χ1v) is 3.89. The van der Waals surface area contributed by atoms with Crippen molar-refractivity contribution >= 4 is 11.2 Å². The lowest BCUT2D eigenvalue weighted by Crippen LogP contribution is -2.23. The molecule has 0 atom stereocenters. The van der Waals surface area contributed by atoms with Crippen molar-refractivity contribution in [3.63, 3.8) is 0 Å². The van der Waals surface area contributed by atoms with Crippen molar-refractivity contribution in [2.45, 2.75) is 6.73 Å². The molecule has 2 aromatic rings. The van der Waals surface area contributed by atoms with Crippen LogP contribution >= 0.6 is 0 Å². The molecule has 0 amide bonds. The van der Waals surface area contributed by atoms with E-state index in [-0.39, 0.29) is 12.4 Å². The molecule has 2 heterocycles. The Morgan fingerprint density at radius 3 is 3.00 bits per heavy atom. The zero-order valence-electron chi connectivity index (χ0n) is 7.40. The Balaban J connectivity index is 2.79. The number of hydrogen-bond acceptors (Lipinski definition) is 4. The molecule has 0 aromatic carbocycles. The number of nitrogens with one attached hydrogen (secondary N) is 2. The maximum Gasteiger partial charge on any atom is 0.327 e. The van der Waals surface area contributed by atoms with Gasteiger partial charge >= 0.3 is 5.69 Å². The van der Waals surface area contributed by atoms with Gasteiger partial charge in [0.1, 0.15) is 6.73 Å². The first-order valence-electron chi connectivity index (χ1n) is 3.89. The maximum absolute atomic E-state index is 11.4. The summed E-state index contributed by atoms with van der Waals surface area (Å²) in [6, 6.07) is 0. The Kier molecular flexibility index (Phi) is 1.93. The monoisotopic (exact) mass is 196 g/mol. The van der Waals surface area contributed by atoms with Crippen LogP contribution in [0.5, 0.6) is 0 Å². The van der Waals surface area contributed by atoms with Gasteiger partial charge < -0.3 is 9.30 Å². The number of rotatable bonds is 2. The molecule has 0 aliphatic carbocycles. The van der Waals surface area contributed by atoms with Crippen LogP contribution in [0, 0.1) is 0 Å². The predicted octanol–water partition coefficient (Wildman–Crippen LogP) is -0.983. The zero-order chi connectivity index (χ0) is 10.1. The first-order chi connectivity index (χ1) is 6.72. The minimum atomic E-state index is -0.565. The highest BCUT2D eigenvalue weighted by Crippen LogP contribution is 2.01. The molecule has 2 aromatic heterocycles. The summed E-state index contributed by atoms with van der Waals surface area (Å²) in [5.74, 6) is 0. The third-order valence-corrected chi connectivity index (χ3v) is 1.78. The predicted molar refractivity (Wildman–Crippen MR) is 48.0 cm³/mol. The number of fused-ring (bicyclic) bond motifs is 1. The number of imidazole rings is 1. The van der Waals surface area contributed by atoms with E-state index in [0.29, 0.717) is 5.52 Å². The van der Waals surface area contributed by atoms with Crippen LogP contribution in [0.15, 0.2) is 15.9 Å². The summed E-state index contributed by atoms with van der Waals surface area (Å²) in [4.78, 5) is 30.6. The van der Waals surface area contributed by atoms with Gasteiger partial charge in [0.05, 0.1) is 6.33 Å². The standard InChI is InChI=1S/C7H8N4O3/c1-14-3-11-2-8-5-4(11)6(12)10-7(13)9-5/h2H,3H2,1H3,(H2,9,10,12,13). The molecular formula is C7H8N4O3. The lowest BCUT2D eigenvalue weighted by molar-refractivity contribution is 0.134. The Morgan fingerprint density at radius 1 is 1.50 bits per heavy atom. The molecule has 7 heteroatoms. The van der Waals surface area contributed by atoms with E-state index in [0.717, 1.165) is 0 Å². The minimum absolute atomic E-state index is 0.214. The van der Waals surface area contributed by atoms with Gasteiger partial charge in [0.15, 0.2) is 11.2 Å². The summed E-state index contributed by atoms with van der Waals surface area (Å²) in [6.45, 7) is 0.214. The molecule has 0 spiro atoms. The van der Waals surface area contributed by atoms with Crippen LogP contribution in [-0.2, 0) is 11.5 Å². The molecule has 0 radical (unpaired) electrons. The van der Waals surface area contributed by atoms with E-state index in [1.165, 1.54) is 18.0 Å². The SMILES string of the molecule is COCn1cnc2[nH]c(=O)[nH]c(=O)c21. The van der Waals surface area contributed by atoms with Gasteiger partial charge in [-0.1, -0.05) is 0 Å². The number of aromatic amines is 2. The quantitative estimate of drug-likeness (QED) is 0.645. The molecule has 0 saturated carbocycles. The maximum atomic E-state index is 11.4. The van der Waals surface area contributed by atoms with E-state index in [9.17, 15) is 9.59 Å². The van der Waals surface area contributed by atoms with Crippen LogP contribution in [0.3, 0.4) is 0 Å². The highest BCUT2D eigenvalue weighted by Gasteiger charge is 2.07. The van der Waals surface area contributed by atoms with E-state index >= 15 is 0 Å². The second kappa shape index (κ2) is 3.11. The van der Waals surface area contributed by atoms with E-state index in [1.807, 2.05) is 0 Å². The summed E-state index contributed by atoms with van der Waals surface area (Å²) in [5.41, 5.74) is -0.481. The highest BCUT2D eigenvalue weighted by molar-refractivity contribution is 5.68. The Labute approximate surface area is 77.4 Å². The lowest BCUT2D eigenvalue weighted by Gasteiger charge is -1.99. The summed E-state index contributed by atoms with van der Waals surface area (Å²) >= 11 is 0. The molecule has 0 unspecified atom stereocenters. The first kappa shape index (κ1) is 8.70. The van der Waals surface area contributed by atoms with Gasteiger partial charge in [-0.2, -0.15) is 0 Å². The van der Waals surface area contributed by atoms with Gasteiger partial charge in [-0.25, -0.2) is 9.78 Å². The van der Waals surface area contributed by atoms with Crippen LogP contribution < -0.4 is 11.2 Å². The summed E-state index contributed by atoms with van der Waals surface area (Å²) in [5, 5.41) is 0. The normalized spacial score (nSPS) is 10.9. The van der Waals surface area contributed by atoms with Crippen molar-refractivity contribution in [1.82, 2.24) is 19.5 Å². The largest absolute Gasteiger partial charge is 0.364 e. The van der Waals surface area contributed by atoms with Crippen LogP contribution in [0.1, 0.15) is 0 Å². The third-order valence-electron chi connectivity index (χ3n) is 1.78. The minimum Gasteiger partial charge on any atom is -0.364 e. The van der Waals surface area contributed by atoms with Crippen molar-refractivity contribution in [3.05, 3.63) is 27.2 Å². The Bertz CT molecular complexity index is 564. The second-order valence-corrected chi connectivity index (χ2v) is 2.74. The van der Waals surface area contributed by atoms with Crippen molar-refractivity contribution < 1.29 is 4.74 Å². The summed E-state index contributed by atoms with van der Waals surface area (Å²) < 4.78 is 6.36. The van der Waals surface area contributed by atoms with Gasteiger partial charge in [0.25, 0.3) is 5.56 Å². The lowest BCUT2D eigenvalue weighted by atomic mass is 10.5. The number of aromatic nitrogens is 4. The molecule has 0 aliphatic rings. The molecule has 7 nitrogen and oxygen atoms in total. The van der Waals surface area contributed by atoms with Gasteiger partial charge in [0.2, 0.25) is 0 Å². The molecule has 2 rings (SSSR count). The topological polar surface area (TPSA) is 92.8 Å². The third kappa shape index (κ3) is 1.23. The number of H-pyrrole nitrogens is 2. The zero-order valence-corrected chi connectivity index (χ0v) is 7.40. The number of hydrogen-bond donors (Lipinski definition) is 2. The average Bonchev–Trinajstić information content (AvgIpc) is 2.49. The summed E-state index contributed by atoms with van der Waals surface area (Å²) in [6.07, 6.45) is 1.43. The fourth-order valence-corrected chi connectivity index (χ4v) is 1.25. The van der Waals surface area contributed by atoms with Crippen LogP contribution in [0.2, 0.25) is 0 Å². The molecule has 0 bridgehead atoms. The van der Waals surface area contributed by atoms with E-state index in [4.69, 9.17) is 4.74 Å². The van der Waals surface area contributed by atoms with Gasteiger partial charge in [-0.15, -0.1) is 0 Å². The second-order valence-electron chi connectivity index (χ2n) is 2.74. The highest BCUT2D eigenvalue weighted by atomic mass is 16.5. The van der Waals surface area contributed by atoms with Crippen LogP contribution in [0.4, 0.5) is 0 Å². The number of ether oxygens (including phenoxy) is 1. The van der Waals surface area contributed by atoms with Gasteiger partial charge in [-0.3, -0.25) is 14.8 Å². The molecule has 14 heavy (non-hydrogen) atoms. The molecule has 0 aliphatic heterocycles. The van der Waals surface area contributed by atoms with Crippen molar-refractivity contribution in [2.24, 2.45) is 0 Å². The molecular weight excluding hydrogens is 188 g/mol. The van der Waals surface area contributed by atoms with E-state index in [2.05, 4.69) is 15.0 Å².